The van der Waals surface area contributed by atoms with Crippen molar-refractivity contribution in [3.05, 3.63) is 57.7 Å². The number of aromatic nitrogens is 5. The van der Waals surface area contributed by atoms with Gasteiger partial charge in [-0.2, -0.15) is 5.10 Å². The van der Waals surface area contributed by atoms with E-state index in [-0.39, 0.29) is 34.8 Å². The Bertz CT molecular complexity index is 1410. The van der Waals surface area contributed by atoms with Gasteiger partial charge in [-0.15, -0.1) is 10.2 Å². The lowest BCUT2D eigenvalue weighted by molar-refractivity contribution is -0.113. The first kappa shape index (κ1) is 23.6. The van der Waals surface area contributed by atoms with Crippen molar-refractivity contribution in [2.75, 3.05) is 25.2 Å². The van der Waals surface area contributed by atoms with Gasteiger partial charge in [0.2, 0.25) is 11.8 Å². The molecule has 10 nitrogen and oxygen atoms in total. The highest BCUT2D eigenvalue weighted by molar-refractivity contribution is 7.99. The third kappa shape index (κ3) is 4.46. The highest BCUT2D eigenvalue weighted by Crippen LogP contribution is 2.30. The standard InChI is InChI=1S/C22H24FN7O3S/c1-11-17-13(3)33-21(18(17)20(32)27-25-11)24-16(31)10-34-22-28-26-19(12(2)29(4)5)30(22)15-8-6-14(23)7-9-15/h6-9,12H,10H2,1-5H3,(H,24,31)(H,27,32)/t12-/m1/s1. The van der Waals surface area contributed by atoms with E-state index in [9.17, 15) is 14.0 Å². The average Bonchev–Trinajstić information content (AvgIpc) is 3.36. The molecule has 0 spiro atoms. The van der Waals surface area contributed by atoms with Gasteiger partial charge in [0.25, 0.3) is 5.56 Å². The molecule has 34 heavy (non-hydrogen) atoms. The lowest BCUT2D eigenvalue weighted by atomic mass is 10.2. The fourth-order valence-corrected chi connectivity index (χ4v) is 4.29. The highest BCUT2D eigenvalue weighted by atomic mass is 32.2. The Morgan fingerprint density at radius 1 is 1.24 bits per heavy atom. The average molecular weight is 486 g/mol. The number of anilines is 1. The van der Waals surface area contributed by atoms with Crippen LogP contribution in [-0.2, 0) is 4.79 Å². The maximum absolute atomic E-state index is 13.5. The van der Waals surface area contributed by atoms with E-state index in [0.717, 1.165) is 0 Å². The number of thioether (sulfide) groups is 1. The zero-order valence-corrected chi connectivity index (χ0v) is 20.2. The number of halogens is 1. The van der Waals surface area contributed by atoms with Crippen LogP contribution in [0.15, 0.2) is 38.6 Å². The molecule has 0 aliphatic rings. The van der Waals surface area contributed by atoms with Crippen LogP contribution >= 0.6 is 11.8 Å². The summed E-state index contributed by atoms with van der Waals surface area (Å²) in [7, 11) is 3.84. The second-order valence-corrected chi connectivity index (χ2v) is 8.95. The van der Waals surface area contributed by atoms with E-state index < -0.39 is 5.56 Å². The minimum absolute atomic E-state index is 0.0150. The summed E-state index contributed by atoms with van der Waals surface area (Å²) >= 11 is 1.17. The maximum Gasteiger partial charge on any atom is 0.277 e. The van der Waals surface area contributed by atoms with E-state index in [1.54, 1.807) is 30.5 Å². The zero-order valence-electron chi connectivity index (χ0n) is 19.3. The van der Waals surface area contributed by atoms with Crippen molar-refractivity contribution in [1.29, 1.82) is 0 Å². The number of nitrogens with one attached hydrogen (secondary N) is 2. The van der Waals surface area contributed by atoms with Gasteiger partial charge >= 0.3 is 0 Å². The van der Waals surface area contributed by atoms with Gasteiger partial charge in [-0.3, -0.25) is 24.4 Å². The number of nitrogens with zero attached hydrogens (tertiary/aromatic N) is 5. The van der Waals surface area contributed by atoms with Crippen molar-refractivity contribution in [3.63, 3.8) is 0 Å². The summed E-state index contributed by atoms with van der Waals surface area (Å²) in [6.07, 6.45) is 0. The quantitative estimate of drug-likeness (QED) is 0.383. The van der Waals surface area contributed by atoms with Crippen LogP contribution in [0.2, 0.25) is 0 Å². The molecule has 0 saturated carbocycles. The van der Waals surface area contributed by atoms with Crippen LogP contribution in [0.3, 0.4) is 0 Å². The molecule has 0 aliphatic heterocycles. The van der Waals surface area contributed by atoms with E-state index in [4.69, 9.17) is 4.42 Å². The molecule has 12 heteroatoms. The number of carbonyl (C=O) groups excluding carboxylic acids is 1. The van der Waals surface area contributed by atoms with E-state index in [0.29, 0.717) is 33.5 Å². The van der Waals surface area contributed by atoms with Gasteiger partial charge in [-0.05, 0) is 59.1 Å². The predicted octanol–water partition coefficient (Wildman–Crippen LogP) is 3.21. The Balaban J connectivity index is 1.59. The summed E-state index contributed by atoms with van der Waals surface area (Å²) in [4.78, 5) is 27.0. The molecule has 0 radical (unpaired) electrons. The Labute approximate surface area is 198 Å². The lowest BCUT2D eigenvalue weighted by Crippen LogP contribution is -2.21. The molecule has 4 aromatic rings. The Kier molecular flexibility index (Phi) is 6.53. The van der Waals surface area contributed by atoms with Crippen molar-refractivity contribution in [2.45, 2.75) is 32.0 Å². The van der Waals surface area contributed by atoms with Crippen molar-refractivity contribution >= 4 is 34.3 Å². The topological polar surface area (TPSA) is 122 Å². The molecule has 0 unspecified atom stereocenters. The van der Waals surface area contributed by atoms with Gasteiger partial charge < -0.3 is 4.42 Å². The number of amides is 1. The molecule has 178 valence electrons. The van der Waals surface area contributed by atoms with E-state index in [1.165, 1.54) is 23.9 Å². The summed E-state index contributed by atoms with van der Waals surface area (Å²) in [6, 6.07) is 5.91. The van der Waals surface area contributed by atoms with E-state index in [1.807, 2.05) is 25.9 Å². The SMILES string of the molecule is Cc1n[nH]c(=O)c2c(NC(=O)CSc3nnc([C@@H](C)N(C)C)n3-c3ccc(F)cc3)oc(C)c12. The molecule has 0 aliphatic carbocycles. The number of rotatable bonds is 7. The lowest BCUT2D eigenvalue weighted by Gasteiger charge is -2.20. The number of hydrogen-bond donors (Lipinski definition) is 2. The van der Waals surface area contributed by atoms with Gasteiger partial charge in [0.1, 0.15) is 17.0 Å². The third-order valence-electron chi connectivity index (χ3n) is 5.48. The van der Waals surface area contributed by atoms with Gasteiger partial charge in [-0.25, -0.2) is 9.49 Å². The van der Waals surface area contributed by atoms with Crippen LogP contribution in [0.25, 0.3) is 16.5 Å². The number of aryl methyl sites for hydroxylation is 2. The van der Waals surface area contributed by atoms with E-state index in [2.05, 4.69) is 25.7 Å². The third-order valence-corrected chi connectivity index (χ3v) is 6.40. The van der Waals surface area contributed by atoms with Crippen LogP contribution in [-0.4, -0.2) is 55.6 Å². The second kappa shape index (κ2) is 9.39. The molecule has 3 heterocycles. The Hall–Kier alpha value is -3.51. The molecule has 4 rings (SSSR count). The Morgan fingerprint density at radius 3 is 2.62 bits per heavy atom. The summed E-state index contributed by atoms with van der Waals surface area (Å²) < 4.78 is 20.9. The van der Waals surface area contributed by atoms with Crippen molar-refractivity contribution in [2.24, 2.45) is 0 Å². The molecule has 0 saturated heterocycles. The van der Waals surface area contributed by atoms with Gasteiger partial charge in [0.05, 0.1) is 22.9 Å². The molecule has 1 amide bonds. The highest BCUT2D eigenvalue weighted by Gasteiger charge is 2.23. The van der Waals surface area contributed by atoms with Crippen molar-refractivity contribution in [3.8, 4) is 5.69 Å². The largest absolute Gasteiger partial charge is 0.444 e. The number of hydrogen-bond acceptors (Lipinski definition) is 8. The molecule has 0 bridgehead atoms. The minimum Gasteiger partial charge on any atom is -0.444 e. The normalized spacial score (nSPS) is 12.4. The number of furan rings is 1. The molecule has 1 aromatic carbocycles. The molecular formula is C22H24FN7O3S. The number of benzene rings is 1. The van der Waals surface area contributed by atoms with Crippen LogP contribution in [0.4, 0.5) is 10.3 Å². The van der Waals surface area contributed by atoms with E-state index >= 15 is 0 Å². The van der Waals surface area contributed by atoms with Crippen LogP contribution < -0.4 is 10.9 Å². The molecule has 3 aromatic heterocycles. The fourth-order valence-electron chi connectivity index (χ4n) is 3.53. The first-order valence-electron chi connectivity index (χ1n) is 10.5. The van der Waals surface area contributed by atoms with Gasteiger partial charge in [0, 0.05) is 5.69 Å². The zero-order chi connectivity index (χ0) is 24.6. The predicted molar refractivity (Wildman–Crippen MR) is 127 cm³/mol. The van der Waals surface area contributed by atoms with Crippen LogP contribution in [0.5, 0.6) is 0 Å². The number of fused-ring (bicyclic) bond motifs is 1. The fraction of sp³-hybridized carbons (Fsp3) is 0.318. The van der Waals surface area contributed by atoms with Gasteiger partial charge in [0.15, 0.2) is 11.0 Å². The minimum atomic E-state index is -0.446. The monoisotopic (exact) mass is 485 g/mol. The molecule has 1 atom stereocenters. The maximum atomic E-state index is 13.5. The summed E-state index contributed by atoms with van der Waals surface area (Å²) in [5.74, 6) is 0.471. The van der Waals surface area contributed by atoms with Gasteiger partial charge in [-0.1, -0.05) is 11.8 Å². The molecule has 0 fully saturated rings. The summed E-state index contributed by atoms with van der Waals surface area (Å²) in [6.45, 7) is 5.43. The van der Waals surface area contributed by atoms with Crippen LogP contribution in [0, 0.1) is 19.7 Å². The summed E-state index contributed by atoms with van der Waals surface area (Å²) in [5, 5.41) is 18.9. The molecule has 2 N–H and O–H groups in total. The molecular weight excluding hydrogens is 461 g/mol. The van der Waals surface area contributed by atoms with Crippen molar-refractivity contribution < 1.29 is 13.6 Å². The Morgan fingerprint density at radius 2 is 1.94 bits per heavy atom. The first-order chi connectivity index (χ1) is 16.2. The van der Waals surface area contributed by atoms with Crippen molar-refractivity contribution in [1.82, 2.24) is 29.9 Å². The number of H-pyrrole nitrogens is 1. The number of aromatic amines is 1. The number of carbonyl (C=O) groups is 1. The first-order valence-corrected chi connectivity index (χ1v) is 11.4. The second-order valence-electron chi connectivity index (χ2n) is 8.00. The van der Waals surface area contributed by atoms with Crippen LogP contribution in [0.1, 0.15) is 30.2 Å². The smallest absolute Gasteiger partial charge is 0.277 e. The summed E-state index contributed by atoms with van der Waals surface area (Å²) in [5.41, 5.74) is 0.833.